The molecule has 0 radical (unpaired) electrons. The van der Waals surface area contributed by atoms with Gasteiger partial charge in [0.1, 0.15) is 0 Å². The lowest BCUT2D eigenvalue weighted by atomic mass is 10.1. The first kappa shape index (κ1) is 17.3. The molecular formula is C16H14ClN3O4. The van der Waals surface area contributed by atoms with Crippen molar-refractivity contribution in [3.63, 3.8) is 0 Å². The number of anilines is 2. The molecule has 0 spiro atoms. The quantitative estimate of drug-likeness (QED) is 0.562. The second-order valence-electron chi connectivity index (χ2n) is 4.77. The number of nitrogens with two attached hydrogens (primary N) is 2. The van der Waals surface area contributed by atoms with Gasteiger partial charge < -0.3 is 21.5 Å². The molecule has 2 aromatic carbocycles. The molecule has 8 heteroatoms. The van der Waals surface area contributed by atoms with Crippen molar-refractivity contribution in [3.05, 3.63) is 58.6 Å². The summed E-state index contributed by atoms with van der Waals surface area (Å²) in [6, 6.07) is 10.5. The number of benzene rings is 2. The number of primary amides is 1. The molecule has 0 heterocycles. The van der Waals surface area contributed by atoms with Crippen LogP contribution in [0.3, 0.4) is 0 Å². The Balaban J connectivity index is 1.99. The molecule has 5 N–H and O–H groups in total. The molecule has 2 rings (SSSR count). The second-order valence-corrected chi connectivity index (χ2v) is 5.20. The van der Waals surface area contributed by atoms with Crippen molar-refractivity contribution in [2.75, 3.05) is 17.7 Å². The van der Waals surface area contributed by atoms with Crippen LogP contribution in [0, 0.1) is 0 Å². The number of hydrogen-bond acceptors (Lipinski definition) is 5. The van der Waals surface area contributed by atoms with E-state index in [4.69, 9.17) is 27.8 Å². The predicted octanol–water partition coefficient (Wildman–Crippen LogP) is 1.82. The molecule has 0 saturated carbocycles. The third-order valence-corrected chi connectivity index (χ3v) is 3.27. The minimum Gasteiger partial charge on any atom is -0.452 e. The number of ether oxygens (including phenoxy) is 1. The summed E-state index contributed by atoms with van der Waals surface area (Å²) in [6.07, 6.45) is 0. The molecule has 0 saturated heterocycles. The second kappa shape index (κ2) is 7.47. The Morgan fingerprint density at radius 2 is 1.79 bits per heavy atom. The van der Waals surface area contributed by atoms with Gasteiger partial charge in [0.05, 0.1) is 16.8 Å². The van der Waals surface area contributed by atoms with E-state index in [0.717, 1.165) is 0 Å². The van der Waals surface area contributed by atoms with Crippen molar-refractivity contribution < 1.29 is 19.1 Å². The number of carbonyl (C=O) groups excluding carboxylic acids is 3. The van der Waals surface area contributed by atoms with Gasteiger partial charge in [0.2, 0.25) is 0 Å². The zero-order valence-corrected chi connectivity index (χ0v) is 13.2. The van der Waals surface area contributed by atoms with Gasteiger partial charge >= 0.3 is 5.97 Å². The van der Waals surface area contributed by atoms with E-state index >= 15 is 0 Å². The van der Waals surface area contributed by atoms with Crippen LogP contribution in [-0.2, 0) is 9.53 Å². The average molecular weight is 348 g/mol. The fourth-order valence-electron chi connectivity index (χ4n) is 1.92. The lowest BCUT2D eigenvalue weighted by Crippen LogP contribution is -2.23. The Bertz CT molecular complexity index is 808. The van der Waals surface area contributed by atoms with Crippen molar-refractivity contribution >= 4 is 40.8 Å². The fraction of sp³-hybridized carbons (Fsp3) is 0.0625. The summed E-state index contributed by atoms with van der Waals surface area (Å²) in [6.45, 7) is -0.548. The number of nitrogens with one attached hydrogen (secondary N) is 1. The molecule has 2 aromatic rings. The normalized spacial score (nSPS) is 10.0. The molecule has 0 unspecified atom stereocenters. The van der Waals surface area contributed by atoms with E-state index in [1.807, 2.05) is 0 Å². The summed E-state index contributed by atoms with van der Waals surface area (Å²) >= 11 is 5.75. The van der Waals surface area contributed by atoms with Crippen LogP contribution in [0.5, 0.6) is 0 Å². The van der Waals surface area contributed by atoms with Gasteiger partial charge in [0.15, 0.2) is 6.61 Å². The highest BCUT2D eigenvalue weighted by Crippen LogP contribution is 2.19. The highest BCUT2D eigenvalue weighted by molar-refractivity contribution is 6.31. The maximum Gasteiger partial charge on any atom is 0.340 e. The maximum atomic E-state index is 11.9. The molecule has 24 heavy (non-hydrogen) atoms. The van der Waals surface area contributed by atoms with E-state index in [-0.39, 0.29) is 22.5 Å². The zero-order chi connectivity index (χ0) is 17.7. The van der Waals surface area contributed by atoms with Gasteiger partial charge in [0, 0.05) is 10.7 Å². The summed E-state index contributed by atoms with van der Waals surface area (Å²) in [5, 5.41) is 2.83. The Morgan fingerprint density at radius 1 is 1.08 bits per heavy atom. The minimum absolute atomic E-state index is 0.102. The van der Waals surface area contributed by atoms with Crippen LogP contribution in [0.1, 0.15) is 20.7 Å². The molecule has 124 valence electrons. The Morgan fingerprint density at radius 3 is 2.46 bits per heavy atom. The maximum absolute atomic E-state index is 11.9. The molecule has 0 bridgehead atoms. The van der Waals surface area contributed by atoms with Crippen LogP contribution in [0.2, 0.25) is 5.02 Å². The van der Waals surface area contributed by atoms with Gasteiger partial charge in [-0.1, -0.05) is 23.7 Å². The van der Waals surface area contributed by atoms with Crippen LogP contribution < -0.4 is 16.8 Å². The molecule has 0 atom stereocenters. The summed E-state index contributed by atoms with van der Waals surface area (Å²) < 4.78 is 4.89. The van der Waals surface area contributed by atoms with E-state index in [1.165, 1.54) is 30.3 Å². The summed E-state index contributed by atoms with van der Waals surface area (Å²) in [7, 11) is 0. The molecular weight excluding hydrogens is 334 g/mol. The fourth-order valence-corrected chi connectivity index (χ4v) is 2.10. The number of amides is 2. The Kier molecular flexibility index (Phi) is 5.39. The Labute approximate surface area is 142 Å². The number of para-hydroxylation sites is 1. The van der Waals surface area contributed by atoms with Crippen LogP contribution in [0.25, 0.3) is 0 Å². The molecule has 0 fully saturated rings. The van der Waals surface area contributed by atoms with Crippen molar-refractivity contribution in [1.82, 2.24) is 0 Å². The number of hydrogen-bond donors (Lipinski definition) is 3. The molecule has 2 amide bonds. The van der Waals surface area contributed by atoms with Crippen molar-refractivity contribution in [2.24, 2.45) is 5.73 Å². The topological polar surface area (TPSA) is 125 Å². The molecule has 0 aliphatic carbocycles. The van der Waals surface area contributed by atoms with Gasteiger partial charge in [-0.05, 0) is 30.3 Å². The first-order valence-corrected chi connectivity index (χ1v) is 7.17. The third-order valence-electron chi connectivity index (χ3n) is 3.03. The van der Waals surface area contributed by atoms with Gasteiger partial charge in [-0.25, -0.2) is 4.79 Å². The van der Waals surface area contributed by atoms with E-state index in [2.05, 4.69) is 5.32 Å². The van der Waals surface area contributed by atoms with E-state index in [0.29, 0.717) is 5.02 Å². The lowest BCUT2D eigenvalue weighted by molar-refractivity contribution is -0.119. The lowest BCUT2D eigenvalue weighted by Gasteiger charge is -2.10. The van der Waals surface area contributed by atoms with Crippen LogP contribution in [0.4, 0.5) is 11.4 Å². The number of halogens is 1. The summed E-state index contributed by atoms with van der Waals surface area (Å²) in [5.74, 6) is -2.07. The van der Waals surface area contributed by atoms with Gasteiger partial charge in [-0.15, -0.1) is 0 Å². The SMILES string of the molecule is NC(=O)c1ccccc1NC(=O)COC(=O)c1ccc(Cl)cc1N. The number of nitrogen functional groups attached to an aromatic ring is 1. The smallest absolute Gasteiger partial charge is 0.340 e. The van der Waals surface area contributed by atoms with E-state index < -0.39 is 24.4 Å². The molecule has 0 aliphatic rings. The third kappa shape index (κ3) is 4.23. The van der Waals surface area contributed by atoms with Crippen molar-refractivity contribution in [2.45, 2.75) is 0 Å². The van der Waals surface area contributed by atoms with Gasteiger partial charge in [0.25, 0.3) is 11.8 Å². The van der Waals surface area contributed by atoms with E-state index in [9.17, 15) is 14.4 Å². The van der Waals surface area contributed by atoms with E-state index in [1.54, 1.807) is 12.1 Å². The summed E-state index contributed by atoms with van der Waals surface area (Å²) in [4.78, 5) is 35.1. The largest absolute Gasteiger partial charge is 0.452 e. The molecule has 7 nitrogen and oxygen atoms in total. The van der Waals surface area contributed by atoms with Gasteiger partial charge in [-0.2, -0.15) is 0 Å². The van der Waals surface area contributed by atoms with Crippen molar-refractivity contribution in [1.29, 1.82) is 0 Å². The standard InChI is InChI=1S/C16H14ClN3O4/c17-9-5-6-10(12(18)7-9)16(23)24-8-14(21)20-13-4-2-1-3-11(13)15(19)22/h1-7H,8,18H2,(H2,19,22)(H,20,21). The van der Waals surface area contributed by atoms with Crippen molar-refractivity contribution in [3.8, 4) is 0 Å². The van der Waals surface area contributed by atoms with Crippen LogP contribution in [0.15, 0.2) is 42.5 Å². The highest BCUT2D eigenvalue weighted by atomic mass is 35.5. The summed E-state index contributed by atoms with van der Waals surface area (Å²) in [5.41, 5.74) is 11.5. The first-order valence-electron chi connectivity index (χ1n) is 6.79. The predicted molar refractivity (Wildman–Crippen MR) is 89.7 cm³/mol. The van der Waals surface area contributed by atoms with Gasteiger partial charge in [-0.3, -0.25) is 9.59 Å². The first-order chi connectivity index (χ1) is 11.4. The van der Waals surface area contributed by atoms with Crippen LogP contribution >= 0.6 is 11.6 Å². The Hall–Kier alpha value is -3.06. The number of rotatable bonds is 5. The minimum atomic E-state index is -0.762. The average Bonchev–Trinajstić information content (AvgIpc) is 2.53. The number of carbonyl (C=O) groups is 3. The monoisotopic (exact) mass is 347 g/mol. The number of esters is 1. The molecule has 0 aromatic heterocycles. The highest BCUT2D eigenvalue weighted by Gasteiger charge is 2.15. The zero-order valence-electron chi connectivity index (χ0n) is 12.4. The van der Waals surface area contributed by atoms with Crippen LogP contribution in [-0.4, -0.2) is 24.4 Å². The molecule has 0 aliphatic heterocycles.